The van der Waals surface area contributed by atoms with Crippen molar-refractivity contribution in [3.8, 4) is 0 Å². The number of aliphatic hydroxyl groups is 1. The summed E-state index contributed by atoms with van der Waals surface area (Å²) in [5, 5.41) is 19.9. The first-order valence-electron chi connectivity index (χ1n) is 7.17. The van der Waals surface area contributed by atoms with Crippen LogP contribution in [-0.2, 0) is 10.4 Å². The van der Waals surface area contributed by atoms with Gasteiger partial charge in [-0.25, -0.2) is 0 Å². The van der Waals surface area contributed by atoms with Crippen molar-refractivity contribution in [2.24, 2.45) is 0 Å². The monoisotopic (exact) mass is 278 g/mol. The van der Waals surface area contributed by atoms with Crippen LogP contribution in [0, 0.1) is 0 Å². The van der Waals surface area contributed by atoms with E-state index in [1.54, 1.807) is 0 Å². The number of rotatable bonds is 3. The summed E-state index contributed by atoms with van der Waals surface area (Å²) in [6, 6.07) is 10.2. The number of benzene rings is 1. The fraction of sp³-hybridized carbons (Fsp3) is 0.562. The Bertz CT molecular complexity index is 421. The molecule has 1 heterocycles. The van der Waals surface area contributed by atoms with Crippen molar-refractivity contribution in [2.45, 2.75) is 45.3 Å². The smallest absolute Gasteiger partial charge is 0.106 e. The van der Waals surface area contributed by atoms with Crippen molar-refractivity contribution in [2.75, 3.05) is 13.1 Å². The van der Waals surface area contributed by atoms with Crippen LogP contribution in [0.4, 0.5) is 0 Å². The molecule has 1 aromatic carbocycles. The molecule has 0 bridgehead atoms. The highest BCUT2D eigenvalue weighted by molar-refractivity contribution is 5.63. The molecule has 1 fully saturated rings. The fourth-order valence-corrected chi connectivity index (χ4v) is 2.56. The van der Waals surface area contributed by atoms with Crippen molar-refractivity contribution < 1.29 is 15.0 Å². The molecule has 1 N–H and O–H groups in total. The van der Waals surface area contributed by atoms with Crippen molar-refractivity contribution in [3.63, 3.8) is 0 Å². The predicted molar refractivity (Wildman–Crippen MR) is 77.0 cm³/mol. The van der Waals surface area contributed by atoms with Gasteiger partial charge in [-0.2, -0.15) is 0 Å². The van der Waals surface area contributed by atoms with Crippen LogP contribution < -0.4 is 5.11 Å². The molecule has 0 saturated carbocycles. The van der Waals surface area contributed by atoms with Crippen LogP contribution in [0.25, 0.3) is 0 Å². The Hall–Kier alpha value is -1.39. The molecule has 0 aliphatic carbocycles. The Morgan fingerprint density at radius 1 is 1.40 bits per heavy atom. The number of carboxylic acid groups (broad SMARTS) is 1. The van der Waals surface area contributed by atoms with Crippen molar-refractivity contribution >= 4 is 5.97 Å². The van der Waals surface area contributed by atoms with Gasteiger partial charge in [-0.3, -0.25) is 4.90 Å². The summed E-state index contributed by atoms with van der Waals surface area (Å²) in [7, 11) is 0. The van der Waals surface area contributed by atoms with E-state index >= 15 is 0 Å². The predicted octanol–water partition coefficient (Wildman–Crippen LogP) is 1.13. The third-order valence-corrected chi connectivity index (χ3v) is 3.99. The Labute approximate surface area is 121 Å². The van der Waals surface area contributed by atoms with E-state index in [0.717, 1.165) is 25.1 Å². The SMILES string of the molecule is CCC(=O)[O-].CCN1CCC(O)(c2ccccc2)C1C. The molecule has 0 radical (unpaired) electrons. The number of hydrogen-bond acceptors (Lipinski definition) is 4. The normalized spacial score (nSPS) is 25.9. The van der Waals surface area contributed by atoms with E-state index in [-0.39, 0.29) is 12.5 Å². The zero-order valence-electron chi connectivity index (χ0n) is 12.5. The first-order chi connectivity index (χ1) is 9.45. The lowest BCUT2D eigenvalue weighted by Gasteiger charge is -2.31. The minimum absolute atomic E-state index is 0.111. The molecule has 0 aromatic heterocycles. The minimum atomic E-state index is -0.995. The van der Waals surface area contributed by atoms with E-state index in [1.807, 2.05) is 30.3 Å². The minimum Gasteiger partial charge on any atom is -0.550 e. The molecule has 4 nitrogen and oxygen atoms in total. The lowest BCUT2D eigenvalue weighted by Crippen LogP contribution is -2.40. The lowest BCUT2D eigenvalue weighted by atomic mass is 9.87. The second-order valence-electron chi connectivity index (χ2n) is 5.07. The molecule has 0 spiro atoms. The van der Waals surface area contributed by atoms with Crippen LogP contribution in [0.2, 0.25) is 0 Å². The molecular weight excluding hydrogens is 254 g/mol. The summed E-state index contributed by atoms with van der Waals surface area (Å²) < 4.78 is 0. The maximum absolute atomic E-state index is 10.7. The maximum Gasteiger partial charge on any atom is 0.106 e. The van der Waals surface area contributed by atoms with Gasteiger partial charge >= 0.3 is 0 Å². The van der Waals surface area contributed by atoms with Crippen LogP contribution in [0.15, 0.2) is 30.3 Å². The number of carboxylic acids is 1. The van der Waals surface area contributed by atoms with Gasteiger partial charge in [-0.05, 0) is 31.9 Å². The molecule has 1 aliphatic heterocycles. The number of likely N-dealkylation sites (N-methyl/N-ethyl adjacent to an activating group) is 1. The second-order valence-corrected chi connectivity index (χ2v) is 5.07. The van der Waals surface area contributed by atoms with Crippen LogP contribution >= 0.6 is 0 Å². The van der Waals surface area contributed by atoms with Gasteiger partial charge < -0.3 is 15.0 Å². The zero-order chi connectivity index (χ0) is 15.2. The van der Waals surface area contributed by atoms with Crippen LogP contribution in [-0.4, -0.2) is 35.1 Å². The number of aliphatic carboxylic acids is 1. The first-order valence-corrected chi connectivity index (χ1v) is 7.17. The summed E-state index contributed by atoms with van der Waals surface area (Å²) >= 11 is 0. The molecule has 2 rings (SSSR count). The Kier molecular flexibility index (Phi) is 6.17. The topological polar surface area (TPSA) is 63.6 Å². The highest BCUT2D eigenvalue weighted by Crippen LogP contribution is 2.37. The standard InChI is InChI=1S/C13H19NO.C3H6O2/c1-3-14-10-9-13(15,11(14)2)12-7-5-4-6-8-12;1-2-3(4)5/h4-8,11,15H,3,9-10H2,1-2H3;2H2,1H3,(H,4,5)/p-1. The van der Waals surface area contributed by atoms with Gasteiger partial charge in [0.25, 0.3) is 0 Å². The van der Waals surface area contributed by atoms with Gasteiger partial charge in [0.2, 0.25) is 0 Å². The Morgan fingerprint density at radius 2 is 1.95 bits per heavy atom. The Balaban J connectivity index is 0.000000347. The van der Waals surface area contributed by atoms with Gasteiger partial charge in [-0.1, -0.05) is 44.2 Å². The molecule has 20 heavy (non-hydrogen) atoms. The lowest BCUT2D eigenvalue weighted by molar-refractivity contribution is -0.305. The van der Waals surface area contributed by atoms with Crippen LogP contribution in [0.1, 0.15) is 39.2 Å². The summed E-state index contributed by atoms with van der Waals surface area (Å²) in [6.45, 7) is 7.80. The molecule has 112 valence electrons. The average Bonchev–Trinajstić information content (AvgIpc) is 2.77. The molecule has 1 aliphatic rings. The average molecular weight is 278 g/mol. The van der Waals surface area contributed by atoms with Crippen molar-refractivity contribution in [3.05, 3.63) is 35.9 Å². The molecule has 0 amide bonds. The Morgan fingerprint density at radius 3 is 2.35 bits per heavy atom. The van der Waals surface area contributed by atoms with Crippen molar-refractivity contribution in [1.29, 1.82) is 0 Å². The van der Waals surface area contributed by atoms with E-state index in [2.05, 4.69) is 18.7 Å². The van der Waals surface area contributed by atoms with E-state index < -0.39 is 11.6 Å². The largest absolute Gasteiger partial charge is 0.550 e. The molecule has 1 saturated heterocycles. The quantitative estimate of drug-likeness (QED) is 0.900. The maximum atomic E-state index is 10.7. The highest BCUT2D eigenvalue weighted by atomic mass is 16.4. The van der Waals surface area contributed by atoms with Gasteiger partial charge in [0, 0.05) is 18.6 Å². The summed E-state index contributed by atoms with van der Waals surface area (Å²) in [4.78, 5) is 11.6. The third-order valence-electron chi connectivity index (χ3n) is 3.99. The summed E-state index contributed by atoms with van der Waals surface area (Å²) in [5.74, 6) is -0.995. The van der Waals surface area contributed by atoms with Gasteiger partial charge in [0.15, 0.2) is 0 Å². The van der Waals surface area contributed by atoms with E-state index in [9.17, 15) is 15.0 Å². The third kappa shape index (κ3) is 3.81. The van der Waals surface area contributed by atoms with Gasteiger partial charge in [-0.15, -0.1) is 0 Å². The molecule has 2 unspecified atom stereocenters. The number of carbonyl (C=O) groups excluding carboxylic acids is 1. The second kappa shape index (κ2) is 7.41. The first kappa shape index (κ1) is 16.7. The number of carbonyl (C=O) groups is 1. The summed E-state index contributed by atoms with van der Waals surface area (Å²) in [5.41, 5.74) is 0.394. The molecular formula is C16H24NO3-. The number of hydrogen-bond donors (Lipinski definition) is 1. The molecule has 4 heteroatoms. The zero-order valence-corrected chi connectivity index (χ0v) is 12.5. The van der Waals surface area contributed by atoms with E-state index in [0.29, 0.717) is 0 Å². The molecule has 1 aromatic rings. The molecule has 2 atom stereocenters. The van der Waals surface area contributed by atoms with Crippen LogP contribution in [0.5, 0.6) is 0 Å². The van der Waals surface area contributed by atoms with Crippen LogP contribution in [0.3, 0.4) is 0 Å². The fourth-order valence-electron chi connectivity index (χ4n) is 2.56. The number of nitrogens with zero attached hydrogens (tertiary/aromatic N) is 1. The van der Waals surface area contributed by atoms with Gasteiger partial charge in [0.1, 0.15) is 5.60 Å². The van der Waals surface area contributed by atoms with Gasteiger partial charge in [0.05, 0.1) is 0 Å². The summed E-state index contributed by atoms with van der Waals surface area (Å²) in [6.07, 6.45) is 0.950. The number of likely N-dealkylation sites (tertiary alicyclic amines) is 1. The van der Waals surface area contributed by atoms with Crippen molar-refractivity contribution in [1.82, 2.24) is 4.90 Å². The highest BCUT2D eigenvalue weighted by Gasteiger charge is 2.43. The van der Waals surface area contributed by atoms with E-state index in [4.69, 9.17) is 0 Å². The van der Waals surface area contributed by atoms with E-state index in [1.165, 1.54) is 6.92 Å².